The van der Waals surface area contributed by atoms with Gasteiger partial charge in [-0.1, -0.05) is 0 Å². The van der Waals surface area contributed by atoms with Gasteiger partial charge in [-0.25, -0.2) is 17.2 Å². The number of sulfone groups is 1. The van der Waals surface area contributed by atoms with Gasteiger partial charge in [0.05, 0.1) is 15.9 Å². The molecule has 0 aliphatic carbocycles. The molecule has 0 saturated heterocycles. The van der Waals surface area contributed by atoms with E-state index in [1.807, 2.05) is 0 Å². The van der Waals surface area contributed by atoms with Crippen LogP contribution >= 0.6 is 15.9 Å². The predicted molar refractivity (Wildman–Crippen MR) is 66.9 cm³/mol. The minimum atomic E-state index is -3.01. The first-order valence-corrected chi connectivity index (χ1v) is 7.71. The van der Waals surface area contributed by atoms with Crippen molar-refractivity contribution in [2.24, 2.45) is 0 Å². The Kier molecular flexibility index (Phi) is 4.88. The molecule has 0 fully saturated rings. The molecule has 96 valence electrons. The summed E-state index contributed by atoms with van der Waals surface area (Å²) in [7, 11) is -3.01. The summed E-state index contributed by atoms with van der Waals surface area (Å²) in [6.07, 6.45) is 1.51. The smallest absolute Gasteiger partial charge is 0.149 e. The highest BCUT2D eigenvalue weighted by Crippen LogP contribution is 2.23. The Morgan fingerprint density at radius 2 is 1.94 bits per heavy atom. The second-order valence-electron chi connectivity index (χ2n) is 3.66. The molecular weight excluding hydrogens is 316 g/mol. The summed E-state index contributed by atoms with van der Waals surface area (Å²) in [5.74, 6) is -1.35. The fraction of sp³-hybridized carbons (Fsp3) is 0.400. The standard InChI is InChI=1S/C10H12BrF2NO2S/c1-17(15,16)4-2-3-14-10-5-7(11)8(12)6-9(10)13/h5-6,14H,2-4H2,1H3. The zero-order valence-corrected chi connectivity index (χ0v) is 11.5. The normalized spacial score (nSPS) is 11.5. The summed E-state index contributed by atoms with van der Waals surface area (Å²) < 4.78 is 48.0. The van der Waals surface area contributed by atoms with Crippen molar-refractivity contribution in [3.8, 4) is 0 Å². The van der Waals surface area contributed by atoms with Crippen molar-refractivity contribution in [2.75, 3.05) is 23.9 Å². The first-order chi connectivity index (χ1) is 7.79. The summed E-state index contributed by atoms with van der Waals surface area (Å²) in [4.78, 5) is 0. The number of anilines is 1. The Morgan fingerprint density at radius 3 is 2.53 bits per heavy atom. The molecule has 0 heterocycles. The van der Waals surface area contributed by atoms with E-state index in [-0.39, 0.29) is 15.9 Å². The van der Waals surface area contributed by atoms with E-state index >= 15 is 0 Å². The van der Waals surface area contributed by atoms with Crippen molar-refractivity contribution < 1.29 is 17.2 Å². The summed E-state index contributed by atoms with van der Waals surface area (Å²) in [6.45, 7) is 0.308. The molecule has 0 bridgehead atoms. The second kappa shape index (κ2) is 5.77. The lowest BCUT2D eigenvalue weighted by Gasteiger charge is -2.08. The van der Waals surface area contributed by atoms with Crippen LogP contribution in [-0.2, 0) is 9.84 Å². The van der Waals surface area contributed by atoms with Gasteiger partial charge in [0.2, 0.25) is 0 Å². The van der Waals surface area contributed by atoms with Crippen molar-refractivity contribution in [2.45, 2.75) is 6.42 Å². The summed E-state index contributed by atoms with van der Waals surface area (Å²) in [5, 5.41) is 2.72. The molecule has 0 unspecified atom stereocenters. The van der Waals surface area contributed by atoms with Gasteiger partial charge in [-0.2, -0.15) is 0 Å². The molecule has 17 heavy (non-hydrogen) atoms. The van der Waals surface area contributed by atoms with Crippen LogP contribution in [0.1, 0.15) is 6.42 Å². The van der Waals surface area contributed by atoms with Crippen LogP contribution in [0.15, 0.2) is 16.6 Å². The van der Waals surface area contributed by atoms with Crippen LogP contribution in [0.5, 0.6) is 0 Å². The van der Waals surface area contributed by atoms with Crippen molar-refractivity contribution >= 4 is 31.5 Å². The Morgan fingerprint density at radius 1 is 1.29 bits per heavy atom. The summed E-state index contributed by atoms with van der Waals surface area (Å²) in [6, 6.07) is 2.05. The van der Waals surface area contributed by atoms with Crippen LogP contribution in [0.25, 0.3) is 0 Å². The lowest BCUT2D eigenvalue weighted by atomic mass is 10.3. The number of nitrogens with one attached hydrogen (secondary N) is 1. The largest absolute Gasteiger partial charge is 0.383 e. The fourth-order valence-corrected chi connectivity index (χ4v) is 2.23. The molecule has 1 aromatic rings. The highest BCUT2D eigenvalue weighted by Gasteiger charge is 2.08. The molecule has 0 radical (unpaired) electrons. The van der Waals surface area contributed by atoms with Gasteiger partial charge in [0, 0.05) is 18.9 Å². The predicted octanol–water partition coefficient (Wildman–Crippen LogP) is 2.57. The van der Waals surface area contributed by atoms with E-state index in [1.165, 1.54) is 6.07 Å². The van der Waals surface area contributed by atoms with Crippen LogP contribution in [0, 0.1) is 11.6 Å². The van der Waals surface area contributed by atoms with Gasteiger partial charge in [-0.05, 0) is 28.4 Å². The van der Waals surface area contributed by atoms with Crippen molar-refractivity contribution in [1.82, 2.24) is 0 Å². The molecule has 0 aromatic heterocycles. The van der Waals surface area contributed by atoms with E-state index in [1.54, 1.807) is 0 Å². The molecule has 3 nitrogen and oxygen atoms in total. The van der Waals surface area contributed by atoms with Gasteiger partial charge >= 0.3 is 0 Å². The number of halogens is 3. The second-order valence-corrected chi connectivity index (χ2v) is 6.77. The van der Waals surface area contributed by atoms with Gasteiger partial charge in [0.1, 0.15) is 21.5 Å². The van der Waals surface area contributed by atoms with Crippen LogP contribution in [0.2, 0.25) is 0 Å². The molecular formula is C10H12BrF2NO2S. The fourth-order valence-electron chi connectivity index (χ4n) is 1.22. The molecule has 1 rings (SSSR count). The maximum absolute atomic E-state index is 13.3. The zero-order valence-electron chi connectivity index (χ0n) is 9.13. The Bertz CT molecular complexity index is 505. The van der Waals surface area contributed by atoms with E-state index in [4.69, 9.17) is 0 Å². The average Bonchev–Trinajstić information content (AvgIpc) is 2.18. The van der Waals surface area contributed by atoms with E-state index in [9.17, 15) is 17.2 Å². The third-order valence-electron chi connectivity index (χ3n) is 2.02. The molecule has 0 amide bonds. The first kappa shape index (κ1) is 14.4. The van der Waals surface area contributed by atoms with Gasteiger partial charge in [-0.15, -0.1) is 0 Å². The molecule has 0 atom stereocenters. The highest BCUT2D eigenvalue weighted by atomic mass is 79.9. The van der Waals surface area contributed by atoms with Crippen LogP contribution in [0.3, 0.4) is 0 Å². The minimum Gasteiger partial charge on any atom is -0.383 e. The Labute approximate surface area is 107 Å². The minimum absolute atomic E-state index is 0.0317. The first-order valence-electron chi connectivity index (χ1n) is 4.86. The maximum Gasteiger partial charge on any atom is 0.149 e. The van der Waals surface area contributed by atoms with Gasteiger partial charge in [0.25, 0.3) is 0 Å². The van der Waals surface area contributed by atoms with Crippen LogP contribution < -0.4 is 5.32 Å². The molecule has 0 saturated carbocycles. The van der Waals surface area contributed by atoms with E-state index in [0.717, 1.165) is 12.3 Å². The zero-order chi connectivity index (χ0) is 13.1. The molecule has 1 N–H and O–H groups in total. The molecule has 0 aliphatic rings. The third kappa shape index (κ3) is 4.99. The molecule has 7 heteroatoms. The number of benzene rings is 1. The number of rotatable bonds is 5. The Balaban J connectivity index is 2.55. The molecule has 0 spiro atoms. The molecule has 1 aromatic carbocycles. The topological polar surface area (TPSA) is 46.2 Å². The third-order valence-corrected chi connectivity index (χ3v) is 3.66. The van der Waals surface area contributed by atoms with Gasteiger partial charge < -0.3 is 5.32 Å². The lowest BCUT2D eigenvalue weighted by Crippen LogP contribution is -2.10. The highest BCUT2D eigenvalue weighted by molar-refractivity contribution is 9.10. The average molecular weight is 328 g/mol. The van der Waals surface area contributed by atoms with Crippen LogP contribution in [0.4, 0.5) is 14.5 Å². The van der Waals surface area contributed by atoms with E-state index in [0.29, 0.717) is 13.0 Å². The van der Waals surface area contributed by atoms with Crippen molar-refractivity contribution in [3.05, 3.63) is 28.2 Å². The number of hydrogen-bond donors (Lipinski definition) is 1. The Hall–Kier alpha value is -0.690. The van der Waals surface area contributed by atoms with Crippen molar-refractivity contribution in [3.63, 3.8) is 0 Å². The summed E-state index contributed by atoms with van der Waals surface area (Å²) >= 11 is 2.94. The maximum atomic E-state index is 13.3. The molecule has 0 aliphatic heterocycles. The van der Waals surface area contributed by atoms with Crippen molar-refractivity contribution in [1.29, 1.82) is 0 Å². The monoisotopic (exact) mass is 327 g/mol. The van der Waals surface area contributed by atoms with Gasteiger partial charge in [-0.3, -0.25) is 0 Å². The SMILES string of the molecule is CS(=O)(=O)CCCNc1cc(Br)c(F)cc1F. The van der Waals surface area contributed by atoms with E-state index < -0.39 is 21.5 Å². The summed E-state index contributed by atoms with van der Waals surface area (Å²) in [5.41, 5.74) is 0.145. The van der Waals surface area contributed by atoms with Crippen LogP contribution in [-0.4, -0.2) is 27.0 Å². The lowest BCUT2D eigenvalue weighted by molar-refractivity contribution is 0.580. The quantitative estimate of drug-likeness (QED) is 0.667. The van der Waals surface area contributed by atoms with E-state index in [2.05, 4.69) is 21.2 Å². The van der Waals surface area contributed by atoms with Gasteiger partial charge in [0.15, 0.2) is 0 Å². The number of hydrogen-bond acceptors (Lipinski definition) is 3.